The fraction of sp³-hybridized carbons (Fsp3) is 0.724. The van der Waals surface area contributed by atoms with Crippen molar-refractivity contribution in [3.8, 4) is 17.6 Å². The van der Waals surface area contributed by atoms with E-state index in [4.69, 9.17) is 30.8 Å². The quantitative estimate of drug-likeness (QED) is 0.0838. The van der Waals surface area contributed by atoms with Crippen LogP contribution in [0.5, 0.6) is 11.5 Å². The molecule has 0 bridgehead atoms. The minimum Gasteiger partial charge on any atom is -0.494 e. The summed E-state index contributed by atoms with van der Waals surface area (Å²) in [7, 11) is 0. The first-order chi connectivity index (χ1) is 36.1. The Balaban J connectivity index is 0.736. The number of piperidine rings is 1. The molecule has 2 aromatic rings. The van der Waals surface area contributed by atoms with Crippen molar-refractivity contribution in [3.05, 3.63) is 58.6 Å². The van der Waals surface area contributed by atoms with Crippen LogP contribution in [-0.2, 0) is 14.3 Å². The highest BCUT2D eigenvalue weighted by atomic mass is 35.5. The number of ether oxygens (including phenoxy) is 3. The van der Waals surface area contributed by atoms with E-state index < -0.39 is 0 Å². The average Bonchev–Trinajstić information content (AvgIpc) is 3.89. The number of nitrogens with zero attached hydrogens (tertiary/aromatic N) is 4. The predicted octanol–water partition coefficient (Wildman–Crippen LogP) is 8.16. The summed E-state index contributed by atoms with van der Waals surface area (Å²) >= 11 is 8.40. The molecule has 2 aliphatic carbocycles. The standard InChI is InChI=1S/C58H87ClN10O5S/c1-9-61-47(70)32-46-51-67-66-37(4)69(51)53-48(35(2)36(3)75-53)50(63-46)39-19-22-41(23-20-39)72-29-15-16-30-73-42-25-27-68(28-26-42)56-62-34-44(49(64-56)38-17-13-11-10-12-14-18-38)52(71)65-54-57(5,6)55(58(54,7)8)74-43-24-21-40(33-60)45(59)31-43/h19-24,31,35-38,42,44,46,48-49,51,53-56,62,64,66-67H,9-18,25-30,32,34H2,1-8H3,(H,61,70)(H,65,71)/t35?,36?,37?,44?,46-,48?,49?,51?,53?,54?,55?,56?/m0/s1. The van der Waals surface area contributed by atoms with E-state index in [1.54, 1.807) is 18.2 Å². The van der Waals surface area contributed by atoms with Gasteiger partial charge in [0, 0.05) is 78.6 Å². The van der Waals surface area contributed by atoms with Crippen molar-refractivity contribution in [1.82, 2.24) is 41.9 Å². The Bertz CT molecular complexity index is 2320. The zero-order valence-corrected chi connectivity index (χ0v) is 47.5. The van der Waals surface area contributed by atoms with E-state index in [0.717, 1.165) is 68.6 Å². The van der Waals surface area contributed by atoms with Crippen LogP contribution in [-0.4, -0.2) is 126 Å². The van der Waals surface area contributed by atoms with Crippen LogP contribution in [0, 0.1) is 45.8 Å². The van der Waals surface area contributed by atoms with Crippen LogP contribution in [0.25, 0.3) is 0 Å². The molecular formula is C58H87ClN10O5S. The molecule has 0 aromatic heterocycles. The zero-order valence-electron chi connectivity index (χ0n) is 46.0. The molecule has 7 aliphatic rings. The van der Waals surface area contributed by atoms with Gasteiger partial charge in [0.2, 0.25) is 11.8 Å². The van der Waals surface area contributed by atoms with E-state index in [1.807, 2.05) is 18.7 Å². The number of hydrogen-bond donors (Lipinski definition) is 6. The van der Waals surface area contributed by atoms with Crippen molar-refractivity contribution in [1.29, 1.82) is 5.26 Å². The summed E-state index contributed by atoms with van der Waals surface area (Å²) in [4.78, 5) is 38.0. The number of rotatable bonds is 17. The number of benzene rings is 2. The Kier molecular flexibility index (Phi) is 18.5. The molecule has 9 rings (SSSR count). The second kappa shape index (κ2) is 24.7. The molecule has 4 saturated heterocycles. The summed E-state index contributed by atoms with van der Waals surface area (Å²) in [6.07, 6.45) is 12.9. The molecule has 10 atom stereocenters. The van der Waals surface area contributed by atoms with Gasteiger partial charge in [-0.05, 0) is 106 Å². The van der Waals surface area contributed by atoms with Gasteiger partial charge in [0.25, 0.3) is 0 Å². The lowest BCUT2D eigenvalue weighted by atomic mass is 9.49. The number of hydrogen-bond acceptors (Lipinski definition) is 14. The lowest BCUT2D eigenvalue weighted by Gasteiger charge is -2.63. The van der Waals surface area contributed by atoms with E-state index >= 15 is 0 Å². The number of nitriles is 1. The average molecular weight is 1070 g/mol. The molecule has 15 nitrogen and oxygen atoms in total. The van der Waals surface area contributed by atoms with Crippen molar-refractivity contribution in [2.24, 2.45) is 39.5 Å². The van der Waals surface area contributed by atoms with Crippen LogP contribution in [0.3, 0.4) is 0 Å². The summed E-state index contributed by atoms with van der Waals surface area (Å²) in [6, 6.07) is 15.6. The predicted molar refractivity (Wildman–Crippen MR) is 298 cm³/mol. The molecule has 75 heavy (non-hydrogen) atoms. The zero-order chi connectivity index (χ0) is 53.0. The van der Waals surface area contributed by atoms with E-state index in [-0.39, 0.29) is 88.8 Å². The highest BCUT2D eigenvalue weighted by molar-refractivity contribution is 8.00. The van der Waals surface area contributed by atoms with Crippen LogP contribution in [0.4, 0.5) is 0 Å². The molecule has 2 saturated carbocycles. The molecule has 5 heterocycles. The fourth-order valence-electron chi connectivity index (χ4n) is 14.1. The highest BCUT2D eigenvalue weighted by Gasteiger charge is 2.64. The number of fused-ring (bicyclic) bond motifs is 3. The number of carbonyl (C=O) groups is 2. The number of aliphatic imine (C=N–C) groups is 1. The smallest absolute Gasteiger partial charge is 0.226 e. The highest BCUT2D eigenvalue weighted by Crippen LogP contribution is 2.56. The molecule has 0 radical (unpaired) electrons. The minimum absolute atomic E-state index is 0.0170. The van der Waals surface area contributed by atoms with E-state index in [2.05, 4.69) is 121 Å². The summed E-state index contributed by atoms with van der Waals surface area (Å²) in [5, 5.41) is 24.9. The van der Waals surface area contributed by atoms with Gasteiger partial charge in [-0.2, -0.15) is 5.26 Å². The van der Waals surface area contributed by atoms with Crippen molar-refractivity contribution in [2.45, 2.75) is 192 Å². The van der Waals surface area contributed by atoms with Crippen LogP contribution in [0.15, 0.2) is 47.5 Å². The number of nitrogens with one attached hydrogen (secondary N) is 6. The molecule has 6 N–H and O–H groups in total. The number of hydrazine groups is 1. The SMILES string of the molecule is CCNC(=O)C[C@@H]1N=C(c2ccc(OCCCCOC3CCN(C4NCC(C(=O)NC5C(C)(C)C(Oc6ccc(C#N)c(Cl)c6)C5(C)C)C(C5CCCCCCC5)N4)CC3)cc2)C2C(C)C(C)SC2N2C(C)NNC12. The Morgan fingerprint density at radius 1 is 0.920 bits per heavy atom. The van der Waals surface area contributed by atoms with Gasteiger partial charge < -0.3 is 24.8 Å². The number of carbonyl (C=O) groups excluding carboxylic acids is 2. The molecule has 2 amide bonds. The third-order valence-corrected chi connectivity index (χ3v) is 20.1. The third-order valence-electron chi connectivity index (χ3n) is 18.1. The van der Waals surface area contributed by atoms with Crippen LogP contribution >= 0.6 is 23.4 Å². The van der Waals surface area contributed by atoms with Gasteiger partial charge in [-0.3, -0.25) is 35.0 Å². The van der Waals surface area contributed by atoms with Gasteiger partial charge in [-0.25, -0.2) is 10.9 Å². The molecular weight excluding hydrogens is 984 g/mol. The summed E-state index contributed by atoms with van der Waals surface area (Å²) < 4.78 is 19.3. The van der Waals surface area contributed by atoms with Crippen molar-refractivity contribution >= 4 is 40.9 Å². The number of amides is 2. The largest absolute Gasteiger partial charge is 0.494 e. The van der Waals surface area contributed by atoms with Gasteiger partial charge in [0.1, 0.15) is 30.0 Å². The van der Waals surface area contributed by atoms with E-state index in [9.17, 15) is 14.9 Å². The molecule has 17 heteroatoms. The second-order valence-corrected chi connectivity index (χ2v) is 25.9. The van der Waals surface area contributed by atoms with Gasteiger partial charge in [0.05, 0.1) is 59.4 Å². The molecule has 2 aromatic carbocycles. The van der Waals surface area contributed by atoms with Crippen molar-refractivity contribution in [2.75, 3.05) is 39.4 Å². The normalized spacial score (nSPS) is 33.3. The van der Waals surface area contributed by atoms with Crippen LogP contribution in [0.1, 0.15) is 144 Å². The topological polar surface area (TPSA) is 177 Å². The van der Waals surface area contributed by atoms with Crippen molar-refractivity contribution < 1.29 is 23.8 Å². The first-order valence-corrected chi connectivity index (χ1v) is 29.9. The number of likely N-dealkylation sites (tertiary alicyclic amines) is 1. The Morgan fingerprint density at radius 3 is 2.31 bits per heavy atom. The maximum Gasteiger partial charge on any atom is 0.226 e. The number of unbranched alkanes of at least 4 members (excludes halogenated alkanes) is 1. The Morgan fingerprint density at radius 2 is 1.61 bits per heavy atom. The summed E-state index contributed by atoms with van der Waals surface area (Å²) in [5.41, 5.74) is 8.89. The minimum atomic E-state index is -0.333. The summed E-state index contributed by atoms with van der Waals surface area (Å²) in [5.74, 6) is 2.54. The van der Waals surface area contributed by atoms with E-state index in [0.29, 0.717) is 66.1 Å². The van der Waals surface area contributed by atoms with E-state index in [1.165, 1.54) is 32.1 Å². The van der Waals surface area contributed by atoms with Gasteiger partial charge in [-0.15, -0.1) is 11.8 Å². The lowest BCUT2D eigenvalue weighted by molar-refractivity contribution is -0.175. The maximum absolute atomic E-state index is 14.6. The van der Waals surface area contributed by atoms with Crippen molar-refractivity contribution in [3.63, 3.8) is 0 Å². The first kappa shape index (κ1) is 56.2. The molecule has 5 aliphatic heterocycles. The number of halogens is 1. The summed E-state index contributed by atoms with van der Waals surface area (Å²) in [6.45, 7) is 22.0. The molecule has 412 valence electrons. The molecule has 9 unspecified atom stereocenters. The fourth-order valence-corrected chi connectivity index (χ4v) is 16.2. The monoisotopic (exact) mass is 1070 g/mol. The first-order valence-electron chi connectivity index (χ1n) is 28.6. The van der Waals surface area contributed by atoms with Gasteiger partial charge in [0.15, 0.2) is 0 Å². The van der Waals surface area contributed by atoms with Gasteiger partial charge >= 0.3 is 0 Å². The third kappa shape index (κ3) is 12.4. The maximum atomic E-state index is 14.6. The number of thioether (sulfide) groups is 1. The molecule has 6 fully saturated rings. The molecule has 0 spiro atoms. The van der Waals surface area contributed by atoms with Crippen LogP contribution < -0.4 is 41.6 Å². The van der Waals surface area contributed by atoms with Gasteiger partial charge in [-0.1, -0.05) is 85.2 Å². The van der Waals surface area contributed by atoms with Crippen LogP contribution in [0.2, 0.25) is 5.02 Å². The Hall–Kier alpha value is -3.50. The Labute approximate surface area is 456 Å². The second-order valence-electron chi connectivity index (χ2n) is 23.9. The lowest BCUT2D eigenvalue weighted by Crippen LogP contribution is -2.76.